The van der Waals surface area contributed by atoms with E-state index in [1.807, 2.05) is 0 Å². The van der Waals surface area contributed by atoms with Gasteiger partial charge < -0.3 is 14.9 Å². The van der Waals surface area contributed by atoms with Crippen molar-refractivity contribution in [3.63, 3.8) is 0 Å². The Morgan fingerprint density at radius 2 is 1.75 bits per heavy atom. The van der Waals surface area contributed by atoms with E-state index in [-0.39, 0.29) is 0 Å². The molecule has 0 bridgehead atoms. The van der Waals surface area contributed by atoms with Crippen molar-refractivity contribution >= 4 is 6.09 Å². The van der Waals surface area contributed by atoms with Crippen LogP contribution in [-0.2, 0) is 0 Å². The van der Waals surface area contributed by atoms with Crippen LogP contribution in [0.4, 0.5) is 4.79 Å². The summed E-state index contributed by atoms with van der Waals surface area (Å²) in [4.78, 5) is 12.9. The van der Waals surface area contributed by atoms with Gasteiger partial charge in [-0.25, -0.2) is 4.79 Å². The number of rotatable bonds is 4. The van der Waals surface area contributed by atoms with Crippen LogP contribution in [0.5, 0.6) is 5.75 Å². The van der Waals surface area contributed by atoms with Gasteiger partial charge in [-0.3, -0.25) is 4.90 Å². The van der Waals surface area contributed by atoms with Crippen LogP contribution < -0.4 is 4.74 Å². The van der Waals surface area contributed by atoms with Crippen LogP contribution >= 0.6 is 0 Å². The first-order chi connectivity index (χ1) is 9.18. The van der Waals surface area contributed by atoms with Gasteiger partial charge in [0.15, 0.2) is 0 Å². The van der Waals surface area contributed by atoms with Crippen LogP contribution in [0.3, 0.4) is 0 Å². The lowest BCUT2D eigenvalue weighted by molar-refractivity contribution is 0.0132. The minimum atomic E-state index is -1.06. The van der Waals surface area contributed by atoms with Crippen LogP contribution in [0.15, 0.2) is 24.3 Å². The molecule has 2 N–H and O–H groups in total. The summed E-state index contributed by atoms with van der Waals surface area (Å²) in [6, 6.07) is 6.44. The third-order valence-corrected chi connectivity index (χ3v) is 3.12. The second-order valence-corrected chi connectivity index (χ2v) is 5.78. The topological polar surface area (TPSA) is 70.0 Å². The standard InChI is InChI=1S/C15H23NO4/c1-10(17)13(16(14(18)19)15(2,3)4)11-6-8-12(20-5)9-7-11/h6-10,13,17H,1-5H3,(H,18,19)/t10-,13+/m0/s1. The predicted octanol–water partition coefficient (Wildman–Crippen LogP) is 2.90. The van der Waals surface area contributed by atoms with E-state index < -0.39 is 23.8 Å². The molecule has 112 valence electrons. The van der Waals surface area contributed by atoms with Gasteiger partial charge in [0.1, 0.15) is 5.75 Å². The molecule has 2 atom stereocenters. The quantitative estimate of drug-likeness (QED) is 0.890. The Morgan fingerprint density at radius 1 is 1.25 bits per heavy atom. The number of aliphatic hydroxyl groups excluding tert-OH is 1. The number of ether oxygens (including phenoxy) is 1. The van der Waals surface area contributed by atoms with E-state index in [1.165, 1.54) is 4.90 Å². The fraction of sp³-hybridized carbons (Fsp3) is 0.533. The molecule has 1 amide bonds. The van der Waals surface area contributed by atoms with E-state index in [1.54, 1.807) is 59.1 Å². The number of carboxylic acid groups (broad SMARTS) is 1. The van der Waals surface area contributed by atoms with Crippen molar-refractivity contribution in [3.05, 3.63) is 29.8 Å². The van der Waals surface area contributed by atoms with Crippen molar-refractivity contribution in [2.75, 3.05) is 7.11 Å². The number of nitrogens with zero attached hydrogens (tertiary/aromatic N) is 1. The molecule has 1 rings (SSSR count). The predicted molar refractivity (Wildman–Crippen MR) is 77.0 cm³/mol. The van der Waals surface area contributed by atoms with Crippen molar-refractivity contribution in [2.45, 2.75) is 45.4 Å². The molecule has 0 aromatic heterocycles. The molecule has 5 heteroatoms. The number of hydrogen-bond donors (Lipinski definition) is 2. The smallest absolute Gasteiger partial charge is 0.408 e. The monoisotopic (exact) mass is 281 g/mol. The highest BCUT2D eigenvalue weighted by Crippen LogP contribution is 2.32. The van der Waals surface area contributed by atoms with Crippen LogP contribution in [-0.4, -0.2) is 40.0 Å². The third kappa shape index (κ3) is 3.63. The lowest BCUT2D eigenvalue weighted by Gasteiger charge is -2.41. The number of benzene rings is 1. The van der Waals surface area contributed by atoms with Crippen molar-refractivity contribution in [2.24, 2.45) is 0 Å². The zero-order valence-electron chi connectivity index (χ0n) is 12.6. The molecule has 1 aromatic carbocycles. The van der Waals surface area contributed by atoms with Crippen molar-refractivity contribution in [3.8, 4) is 5.75 Å². The average Bonchev–Trinajstić information content (AvgIpc) is 2.33. The van der Waals surface area contributed by atoms with Gasteiger partial charge >= 0.3 is 6.09 Å². The van der Waals surface area contributed by atoms with E-state index in [0.717, 1.165) is 5.56 Å². The fourth-order valence-electron chi connectivity index (χ4n) is 2.27. The maximum atomic E-state index is 11.6. The van der Waals surface area contributed by atoms with E-state index in [0.29, 0.717) is 5.75 Å². The maximum Gasteiger partial charge on any atom is 0.408 e. The third-order valence-electron chi connectivity index (χ3n) is 3.12. The molecular weight excluding hydrogens is 258 g/mol. The highest BCUT2D eigenvalue weighted by atomic mass is 16.5. The first-order valence-electron chi connectivity index (χ1n) is 6.52. The van der Waals surface area contributed by atoms with E-state index >= 15 is 0 Å². The molecule has 0 heterocycles. The molecule has 0 saturated carbocycles. The summed E-state index contributed by atoms with van der Waals surface area (Å²) >= 11 is 0. The number of hydrogen-bond acceptors (Lipinski definition) is 3. The van der Waals surface area contributed by atoms with Crippen molar-refractivity contribution < 1.29 is 19.7 Å². The second kappa shape index (κ2) is 6.13. The molecular formula is C15H23NO4. The zero-order chi connectivity index (χ0) is 15.5. The van der Waals surface area contributed by atoms with Crippen molar-refractivity contribution in [1.29, 1.82) is 0 Å². The molecule has 0 saturated heterocycles. The normalized spacial score (nSPS) is 14.5. The first kappa shape index (κ1) is 16.3. The molecule has 0 spiro atoms. The summed E-state index contributed by atoms with van der Waals surface area (Å²) < 4.78 is 5.09. The lowest BCUT2D eigenvalue weighted by atomic mass is 9.95. The SMILES string of the molecule is COc1ccc([C@@H]([C@H](C)O)N(C(=O)O)C(C)(C)C)cc1. The Balaban J connectivity index is 3.24. The van der Waals surface area contributed by atoms with E-state index in [4.69, 9.17) is 4.74 Å². The number of amides is 1. The highest BCUT2D eigenvalue weighted by molar-refractivity contribution is 5.67. The Morgan fingerprint density at radius 3 is 2.05 bits per heavy atom. The summed E-state index contributed by atoms with van der Waals surface area (Å²) in [5, 5.41) is 19.5. The minimum Gasteiger partial charge on any atom is -0.497 e. The molecule has 0 aliphatic heterocycles. The Hall–Kier alpha value is -1.75. The average molecular weight is 281 g/mol. The van der Waals surface area contributed by atoms with Gasteiger partial charge in [-0.2, -0.15) is 0 Å². The molecule has 0 radical (unpaired) electrons. The van der Waals surface area contributed by atoms with Gasteiger partial charge in [0.2, 0.25) is 0 Å². The molecule has 1 aromatic rings. The van der Waals surface area contributed by atoms with Crippen molar-refractivity contribution in [1.82, 2.24) is 4.90 Å². The summed E-state index contributed by atoms with van der Waals surface area (Å²) in [7, 11) is 1.57. The summed E-state index contributed by atoms with van der Waals surface area (Å²) in [5.41, 5.74) is 0.117. The minimum absolute atomic E-state index is 0.618. The molecule has 5 nitrogen and oxygen atoms in total. The molecule has 0 aliphatic carbocycles. The molecule has 0 aliphatic rings. The van der Waals surface area contributed by atoms with Gasteiger partial charge in [-0.15, -0.1) is 0 Å². The molecule has 0 unspecified atom stereocenters. The summed E-state index contributed by atoms with van der Waals surface area (Å²) in [6.45, 7) is 7.01. The Labute approximate surface area is 119 Å². The van der Waals surface area contributed by atoms with Gasteiger partial charge in [0.25, 0.3) is 0 Å². The largest absolute Gasteiger partial charge is 0.497 e. The van der Waals surface area contributed by atoms with Gasteiger partial charge in [-0.1, -0.05) is 12.1 Å². The van der Waals surface area contributed by atoms with Crippen LogP contribution in [0.25, 0.3) is 0 Å². The second-order valence-electron chi connectivity index (χ2n) is 5.78. The van der Waals surface area contributed by atoms with Gasteiger partial charge in [-0.05, 0) is 45.4 Å². The Bertz CT molecular complexity index is 448. The number of carbonyl (C=O) groups is 1. The van der Waals surface area contributed by atoms with Crippen LogP contribution in [0.1, 0.15) is 39.3 Å². The maximum absolute atomic E-state index is 11.6. The van der Waals surface area contributed by atoms with Gasteiger partial charge in [0.05, 0.1) is 19.3 Å². The summed E-state index contributed by atoms with van der Waals surface area (Å²) in [6.07, 6.45) is -1.88. The van der Waals surface area contributed by atoms with E-state index in [2.05, 4.69) is 0 Å². The first-order valence-corrected chi connectivity index (χ1v) is 6.52. The van der Waals surface area contributed by atoms with Crippen LogP contribution in [0, 0.1) is 0 Å². The molecule has 0 fully saturated rings. The highest BCUT2D eigenvalue weighted by Gasteiger charge is 2.36. The number of aliphatic hydroxyl groups is 1. The van der Waals surface area contributed by atoms with Gasteiger partial charge in [0, 0.05) is 5.54 Å². The molecule has 20 heavy (non-hydrogen) atoms. The van der Waals surface area contributed by atoms with Crippen LogP contribution in [0.2, 0.25) is 0 Å². The lowest BCUT2D eigenvalue weighted by Crippen LogP contribution is -2.50. The van der Waals surface area contributed by atoms with E-state index in [9.17, 15) is 15.0 Å². The fourth-order valence-corrected chi connectivity index (χ4v) is 2.27. The number of methoxy groups -OCH3 is 1. The summed E-state index contributed by atoms with van der Waals surface area (Å²) in [5.74, 6) is 0.690. The Kier molecular flexibility index (Phi) is 5.00. The zero-order valence-corrected chi connectivity index (χ0v) is 12.6.